The Kier molecular flexibility index (Phi) is 1.83. The van der Waals surface area contributed by atoms with Gasteiger partial charge in [0.15, 0.2) is 0 Å². The lowest BCUT2D eigenvalue weighted by molar-refractivity contribution is 0.388. The zero-order valence-electron chi connectivity index (χ0n) is 5.89. The second kappa shape index (κ2) is 2.36. The first-order chi connectivity index (χ1) is 4.52. The van der Waals surface area contributed by atoms with E-state index in [9.17, 15) is 0 Å². The van der Waals surface area contributed by atoms with Crippen LogP contribution in [0.2, 0.25) is 0 Å². The van der Waals surface area contributed by atoms with E-state index in [1.54, 1.807) is 0 Å². The molecular weight excluding hydrogens is 196 g/mol. The van der Waals surface area contributed by atoms with Crippen molar-refractivity contribution in [1.82, 2.24) is 5.16 Å². The third-order valence-corrected chi connectivity index (χ3v) is 1.70. The number of nitrogens with zero attached hydrogens (tertiary/aromatic N) is 1. The Labute approximate surface area is 67.7 Å². The van der Waals surface area contributed by atoms with Gasteiger partial charge in [0.2, 0.25) is 0 Å². The lowest BCUT2D eigenvalue weighted by atomic mass is 10.0. The highest BCUT2D eigenvalue weighted by Gasteiger charge is 2.21. The van der Waals surface area contributed by atoms with Crippen molar-refractivity contribution in [2.45, 2.75) is 19.4 Å². The summed E-state index contributed by atoms with van der Waals surface area (Å²) in [6, 6.07) is 0. The Hall–Kier alpha value is -0.350. The third-order valence-electron chi connectivity index (χ3n) is 1.14. The average molecular weight is 205 g/mol. The molecule has 0 bridgehead atoms. The van der Waals surface area contributed by atoms with Gasteiger partial charge in [-0.2, -0.15) is 0 Å². The standard InChI is InChI=1S/C6H9BrN2O/c1-6(2,8)5-4(7)3-10-9-5/h3H,8H2,1-2H3. The lowest BCUT2D eigenvalue weighted by Gasteiger charge is -2.14. The molecule has 1 rings (SSSR count). The molecule has 0 fully saturated rings. The van der Waals surface area contributed by atoms with E-state index in [1.807, 2.05) is 13.8 Å². The summed E-state index contributed by atoms with van der Waals surface area (Å²) in [4.78, 5) is 0. The second-order valence-corrected chi connectivity index (χ2v) is 3.59. The highest BCUT2D eigenvalue weighted by molar-refractivity contribution is 9.10. The molecule has 0 aromatic carbocycles. The quantitative estimate of drug-likeness (QED) is 0.757. The Morgan fingerprint density at radius 1 is 1.70 bits per heavy atom. The molecule has 56 valence electrons. The summed E-state index contributed by atoms with van der Waals surface area (Å²) in [7, 11) is 0. The Morgan fingerprint density at radius 2 is 2.30 bits per heavy atom. The largest absolute Gasteiger partial charge is 0.363 e. The van der Waals surface area contributed by atoms with Crippen LogP contribution in [-0.2, 0) is 5.54 Å². The van der Waals surface area contributed by atoms with Crippen LogP contribution in [0.4, 0.5) is 0 Å². The average Bonchev–Trinajstić information content (AvgIpc) is 2.11. The van der Waals surface area contributed by atoms with Gasteiger partial charge in [-0.1, -0.05) is 5.16 Å². The maximum absolute atomic E-state index is 5.75. The van der Waals surface area contributed by atoms with Crippen LogP contribution in [0.1, 0.15) is 19.5 Å². The highest BCUT2D eigenvalue weighted by Crippen LogP contribution is 2.23. The predicted molar refractivity (Wildman–Crippen MR) is 41.4 cm³/mol. The fourth-order valence-electron chi connectivity index (χ4n) is 0.650. The first kappa shape index (κ1) is 7.75. The molecule has 0 amide bonds. The van der Waals surface area contributed by atoms with Gasteiger partial charge in [-0.25, -0.2) is 0 Å². The van der Waals surface area contributed by atoms with Crippen LogP contribution < -0.4 is 5.73 Å². The molecule has 0 aliphatic heterocycles. The van der Waals surface area contributed by atoms with Crippen LogP contribution in [-0.4, -0.2) is 5.16 Å². The SMILES string of the molecule is CC(C)(N)c1nocc1Br. The zero-order chi connectivity index (χ0) is 7.78. The third kappa shape index (κ3) is 1.38. The topological polar surface area (TPSA) is 52.0 Å². The molecule has 1 aromatic heterocycles. The van der Waals surface area contributed by atoms with Crippen molar-refractivity contribution in [2.75, 3.05) is 0 Å². The predicted octanol–water partition coefficient (Wildman–Crippen LogP) is 1.63. The van der Waals surface area contributed by atoms with Crippen LogP contribution >= 0.6 is 15.9 Å². The fourth-order valence-corrected chi connectivity index (χ4v) is 1.32. The Morgan fingerprint density at radius 3 is 2.50 bits per heavy atom. The van der Waals surface area contributed by atoms with Crippen molar-refractivity contribution in [3.8, 4) is 0 Å². The summed E-state index contributed by atoms with van der Waals surface area (Å²) >= 11 is 3.27. The van der Waals surface area contributed by atoms with Crippen molar-refractivity contribution < 1.29 is 4.52 Å². The summed E-state index contributed by atoms with van der Waals surface area (Å²) in [5, 5.41) is 3.74. The maximum Gasteiger partial charge on any atom is 0.138 e. The summed E-state index contributed by atoms with van der Waals surface area (Å²) in [5.41, 5.74) is 6.05. The number of aromatic nitrogens is 1. The first-order valence-electron chi connectivity index (χ1n) is 2.91. The van der Waals surface area contributed by atoms with Crippen LogP contribution in [0, 0.1) is 0 Å². The summed E-state index contributed by atoms with van der Waals surface area (Å²) in [6.07, 6.45) is 1.52. The van der Waals surface area contributed by atoms with E-state index < -0.39 is 5.54 Å². The molecule has 0 saturated heterocycles. The highest BCUT2D eigenvalue weighted by atomic mass is 79.9. The van der Waals surface area contributed by atoms with Gasteiger partial charge >= 0.3 is 0 Å². The molecule has 1 heterocycles. The summed E-state index contributed by atoms with van der Waals surface area (Å²) in [6.45, 7) is 3.74. The molecule has 10 heavy (non-hydrogen) atoms. The van der Waals surface area contributed by atoms with Crippen LogP contribution in [0.15, 0.2) is 15.3 Å². The smallest absolute Gasteiger partial charge is 0.138 e. The number of rotatable bonds is 1. The first-order valence-corrected chi connectivity index (χ1v) is 3.70. The van der Waals surface area contributed by atoms with Crippen molar-refractivity contribution in [3.63, 3.8) is 0 Å². The van der Waals surface area contributed by atoms with E-state index >= 15 is 0 Å². The van der Waals surface area contributed by atoms with Gasteiger partial charge in [0, 0.05) is 0 Å². The van der Waals surface area contributed by atoms with Crippen LogP contribution in [0.5, 0.6) is 0 Å². The van der Waals surface area contributed by atoms with Gasteiger partial charge in [0.1, 0.15) is 12.0 Å². The number of hydrogen-bond acceptors (Lipinski definition) is 3. The zero-order valence-corrected chi connectivity index (χ0v) is 7.47. The molecule has 4 heteroatoms. The van der Waals surface area contributed by atoms with E-state index in [4.69, 9.17) is 10.3 Å². The van der Waals surface area contributed by atoms with Crippen LogP contribution in [0.3, 0.4) is 0 Å². The van der Waals surface area contributed by atoms with E-state index in [-0.39, 0.29) is 0 Å². The molecular formula is C6H9BrN2O. The molecule has 3 nitrogen and oxygen atoms in total. The lowest BCUT2D eigenvalue weighted by Crippen LogP contribution is -2.29. The molecule has 0 radical (unpaired) electrons. The molecule has 2 N–H and O–H groups in total. The van der Waals surface area contributed by atoms with Gasteiger partial charge in [0.25, 0.3) is 0 Å². The number of halogens is 1. The molecule has 0 aliphatic rings. The molecule has 0 unspecified atom stereocenters. The molecule has 0 atom stereocenters. The second-order valence-electron chi connectivity index (χ2n) is 2.73. The van der Waals surface area contributed by atoms with Gasteiger partial charge in [-0.3, -0.25) is 0 Å². The Bertz CT molecular complexity index is 226. The minimum atomic E-state index is -0.439. The monoisotopic (exact) mass is 204 g/mol. The van der Waals surface area contributed by atoms with E-state index in [1.165, 1.54) is 6.26 Å². The van der Waals surface area contributed by atoms with Crippen LogP contribution in [0.25, 0.3) is 0 Å². The van der Waals surface area contributed by atoms with Gasteiger partial charge in [-0.15, -0.1) is 0 Å². The fraction of sp³-hybridized carbons (Fsp3) is 0.500. The summed E-state index contributed by atoms with van der Waals surface area (Å²) < 4.78 is 5.51. The van der Waals surface area contributed by atoms with E-state index in [2.05, 4.69) is 21.1 Å². The number of hydrogen-bond donors (Lipinski definition) is 1. The van der Waals surface area contributed by atoms with Gasteiger partial charge in [0.05, 0.1) is 10.0 Å². The maximum atomic E-state index is 5.75. The van der Waals surface area contributed by atoms with Crippen molar-refractivity contribution in [3.05, 3.63) is 16.4 Å². The molecule has 1 aromatic rings. The summed E-state index contributed by atoms with van der Waals surface area (Å²) in [5.74, 6) is 0. The van der Waals surface area contributed by atoms with E-state index in [0.717, 1.165) is 10.2 Å². The number of nitrogens with two attached hydrogens (primary N) is 1. The van der Waals surface area contributed by atoms with E-state index in [0.29, 0.717) is 0 Å². The van der Waals surface area contributed by atoms with Gasteiger partial charge < -0.3 is 10.3 Å². The van der Waals surface area contributed by atoms with Gasteiger partial charge in [-0.05, 0) is 29.8 Å². The molecule has 0 aliphatic carbocycles. The molecule has 0 spiro atoms. The Balaban J connectivity index is 3.05. The minimum Gasteiger partial charge on any atom is -0.363 e. The van der Waals surface area contributed by atoms with Crippen molar-refractivity contribution in [2.24, 2.45) is 5.73 Å². The van der Waals surface area contributed by atoms with Crippen molar-refractivity contribution >= 4 is 15.9 Å². The van der Waals surface area contributed by atoms with Crippen molar-refractivity contribution in [1.29, 1.82) is 0 Å². The normalized spacial score (nSPS) is 12.0. The minimum absolute atomic E-state index is 0.439. The molecule has 0 saturated carbocycles.